The van der Waals surface area contributed by atoms with Crippen molar-refractivity contribution in [1.29, 1.82) is 0 Å². The van der Waals surface area contributed by atoms with Gasteiger partial charge in [-0.25, -0.2) is 0 Å². The molecule has 0 aromatic heterocycles. The maximum absolute atomic E-state index is 12.9. The first kappa shape index (κ1) is 76.5. The minimum Gasteiger partial charge on any atom is -0.462 e. The summed E-state index contributed by atoms with van der Waals surface area (Å²) in [5, 5.41) is 0. The van der Waals surface area contributed by atoms with E-state index in [9.17, 15) is 14.4 Å². The van der Waals surface area contributed by atoms with E-state index in [2.05, 4.69) is 154 Å². The van der Waals surface area contributed by atoms with Crippen LogP contribution in [0.1, 0.15) is 303 Å². The molecule has 0 radical (unpaired) electrons. The van der Waals surface area contributed by atoms with Crippen LogP contribution in [0, 0.1) is 0 Å². The molecule has 0 N–H and O–H groups in total. The Morgan fingerprint density at radius 1 is 0.259 bits per heavy atom. The summed E-state index contributed by atoms with van der Waals surface area (Å²) in [6.07, 6.45) is 96.1. The lowest BCUT2D eigenvalue weighted by molar-refractivity contribution is -0.167. The number of ether oxygens (including phenoxy) is 3. The number of carbonyl (C=O) groups is 3. The molecule has 81 heavy (non-hydrogen) atoms. The molecule has 1 unspecified atom stereocenters. The number of hydrogen-bond donors (Lipinski definition) is 0. The van der Waals surface area contributed by atoms with Crippen molar-refractivity contribution in [2.24, 2.45) is 0 Å². The Bertz CT molecular complexity index is 1720. The van der Waals surface area contributed by atoms with Crippen molar-refractivity contribution in [1.82, 2.24) is 0 Å². The third-order valence-electron chi connectivity index (χ3n) is 14.1. The lowest BCUT2D eigenvalue weighted by Crippen LogP contribution is -2.30. The van der Waals surface area contributed by atoms with E-state index in [0.717, 1.165) is 148 Å². The Hall–Kier alpha value is -4.45. The van der Waals surface area contributed by atoms with Crippen LogP contribution in [0.4, 0.5) is 0 Å². The smallest absolute Gasteiger partial charge is 0.306 e. The number of carbonyl (C=O) groups excluding carboxylic acids is 3. The van der Waals surface area contributed by atoms with Crippen molar-refractivity contribution >= 4 is 17.9 Å². The first-order chi connectivity index (χ1) is 40.0. The van der Waals surface area contributed by atoms with Crippen LogP contribution in [0.15, 0.2) is 134 Å². The van der Waals surface area contributed by atoms with Gasteiger partial charge in [0.25, 0.3) is 0 Å². The first-order valence-corrected chi connectivity index (χ1v) is 33.7. The van der Waals surface area contributed by atoms with Crippen molar-refractivity contribution in [3.63, 3.8) is 0 Å². The van der Waals surface area contributed by atoms with E-state index in [1.807, 2.05) is 0 Å². The summed E-state index contributed by atoms with van der Waals surface area (Å²) in [5.41, 5.74) is 0. The summed E-state index contributed by atoms with van der Waals surface area (Å²) >= 11 is 0. The number of rotatable bonds is 60. The van der Waals surface area contributed by atoms with Crippen LogP contribution in [-0.2, 0) is 28.6 Å². The summed E-state index contributed by atoms with van der Waals surface area (Å²) in [7, 11) is 0. The molecule has 0 aliphatic carbocycles. The van der Waals surface area contributed by atoms with Crippen molar-refractivity contribution in [2.75, 3.05) is 13.2 Å². The number of allylic oxidation sites excluding steroid dienone is 22. The van der Waals surface area contributed by atoms with E-state index < -0.39 is 6.10 Å². The predicted octanol–water partition coefficient (Wildman–Crippen LogP) is 23.3. The van der Waals surface area contributed by atoms with E-state index in [0.29, 0.717) is 19.3 Å². The fourth-order valence-electron chi connectivity index (χ4n) is 9.08. The van der Waals surface area contributed by atoms with Gasteiger partial charge in [0, 0.05) is 19.3 Å². The first-order valence-electron chi connectivity index (χ1n) is 33.7. The van der Waals surface area contributed by atoms with Gasteiger partial charge in [0.15, 0.2) is 6.10 Å². The molecule has 6 nitrogen and oxygen atoms in total. The molecule has 0 spiro atoms. The summed E-state index contributed by atoms with van der Waals surface area (Å²) in [6.45, 7) is 6.43. The second kappa shape index (κ2) is 68.1. The largest absolute Gasteiger partial charge is 0.462 e. The van der Waals surface area contributed by atoms with Crippen LogP contribution in [0.5, 0.6) is 0 Å². The molecule has 6 heteroatoms. The van der Waals surface area contributed by atoms with Crippen molar-refractivity contribution < 1.29 is 28.6 Å². The van der Waals surface area contributed by atoms with Crippen molar-refractivity contribution in [2.45, 2.75) is 309 Å². The number of esters is 3. The van der Waals surface area contributed by atoms with E-state index in [4.69, 9.17) is 14.2 Å². The van der Waals surface area contributed by atoms with Gasteiger partial charge in [0.2, 0.25) is 0 Å². The van der Waals surface area contributed by atoms with Gasteiger partial charge in [0.1, 0.15) is 13.2 Å². The Kier molecular flexibility index (Phi) is 64.3. The van der Waals surface area contributed by atoms with Gasteiger partial charge >= 0.3 is 17.9 Å². The molecular formula is C75H124O6. The van der Waals surface area contributed by atoms with Gasteiger partial charge in [-0.05, 0) is 135 Å². The van der Waals surface area contributed by atoms with Crippen LogP contribution >= 0.6 is 0 Å². The average Bonchev–Trinajstić information content (AvgIpc) is 3.46. The van der Waals surface area contributed by atoms with Crippen LogP contribution in [0.2, 0.25) is 0 Å². The third-order valence-corrected chi connectivity index (χ3v) is 14.1. The molecule has 0 aliphatic heterocycles. The molecular weight excluding hydrogens is 997 g/mol. The molecule has 0 aliphatic rings. The van der Waals surface area contributed by atoms with E-state index >= 15 is 0 Å². The molecule has 0 amide bonds. The summed E-state index contributed by atoms with van der Waals surface area (Å²) in [6, 6.07) is 0. The minimum atomic E-state index is -0.805. The number of unbranched alkanes of at least 4 members (excludes halogenated alkanes) is 27. The van der Waals surface area contributed by atoms with E-state index in [1.165, 1.54) is 116 Å². The zero-order valence-corrected chi connectivity index (χ0v) is 52.8. The molecule has 0 fully saturated rings. The molecule has 0 aromatic carbocycles. The van der Waals surface area contributed by atoms with Crippen molar-refractivity contribution in [3.05, 3.63) is 134 Å². The maximum Gasteiger partial charge on any atom is 0.306 e. The van der Waals surface area contributed by atoms with Gasteiger partial charge in [-0.3, -0.25) is 14.4 Å². The zero-order chi connectivity index (χ0) is 58.5. The average molecular weight is 1120 g/mol. The Morgan fingerprint density at radius 2 is 0.506 bits per heavy atom. The van der Waals surface area contributed by atoms with Gasteiger partial charge in [-0.2, -0.15) is 0 Å². The molecule has 0 aromatic rings. The third kappa shape index (κ3) is 66.2. The molecule has 0 rings (SSSR count). The second-order valence-electron chi connectivity index (χ2n) is 22.0. The molecule has 1 atom stereocenters. The fourth-order valence-corrected chi connectivity index (χ4v) is 9.08. The quantitative estimate of drug-likeness (QED) is 0.0261. The van der Waals surface area contributed by atoms with Gasteiger partial charge < -0.3 is 14.2 Å². The van der Waals surface area contributed by atoms with Gasteiger partial charge in [0.05, 0.1) is 0 Å². The van der Waals surface area contributed by atoms with Crippen LogP contribution in [0.25, 0.3) is 0 Å². The molecule has 0 saturated heterocycles. The fraction of sp³-hybridized carbons (Fsp3) is 0.667. The standard InChI is InChI=1S/C75H124O6/c1-4-7-10-13-16-19-22-25-27-29-31-33-35-37-39-41-43-45-47-50-53-56-59-62-65-68-74(77)80-71-72(70-79-73(76)67-64-61-58-55-52-49-24-21-18-15-12-9-6-3)81-75(78)69-66-63-60-57-54-51-48-46-44-42-40-38-36-34-32-30-28-26-23-20-17-14-11-8-5-2/h7,10,12,15-16,19,21,23-27,30-33,37,39,43,45,50,53,72H,4-6,8-9,11,13-14,17-18,20,22,28-29,34-36,38,40-42,44,46-49,51-52,54-71H2,1-3H3/b10-7-,15-12-,19-16-,24-21-,26-23-,27-25-,32-30-,33-31-,39-37-,45-43-,53-50-. The lowest BCUT2D eigenvalue weighted by atomic mass is 10.0. The zero-order valence-electron chi connectivity index (χ0n) is 52.8. The highest BCUT2D eigenvalue weighted by atomic mass is 16.6. The minimum absolute atomic E-state index is 0.0992. The van der Waals surface area contributed by atoms with Gasteiger partial charge in [-0.1, -0.05) is 283 Å². The van der Waals surface area contributed by atoms with Crippen LogP contribution in [-0.4, -0.2) is 37.2 Å². The summed E-state index contributed by atoms with van der Waals surface area (Å²) in [4.78, 5) is 38.4. The molecule has 0 bridgehead atoms. The van der Waals surface area contributed by atoms with Gasteiger partial charge in [-0.15, -0.1) is 0 Å². The van der Waals surface area contributed by atoms with E-state index in [1.54, 1.807) is 0 Å². The lowest BCUT2D eigenvalue weighted by Gasteiger charge is -2.18. The highest BCUT2D eigenvalue weighted by Gasteiger charge is 2.19. The normalized spacial score (nSPS) is 13.0. The van der Waals surface area contributed by atoms with Crippen LogP contribution < -0.4 is 0 Å². The SMILES string of the molecule is CC/C=C\C/C=C\C/C=C\C/C=C\C/C=C\C/C=C\C/C=C\CCCCCC(=O)OCC(COC(=O)CCCCCCC/C=C\C/C=C\CCC)OC(=O)CCCCCCCCCCCCCCC/C=C\C/C=C\CCCCCCC. The topological polar surface area (TPSA) is 78.9 Å². The number of hydrogen-bond acceptors (Lipinski definition) is 6. The van der Waals surface area contributed by atoms with Crippen LogP contribution in [0.3, 0.4) is 0 Å². The molecule has 0 heterocycles. The van der Waals surface area contributed by atoms with E-state index in [-0.39, 0.29) is 31.1 Å². The Balaban J connectivity index is 4.40. The Morgan fingerprint density at radius 3 is 0.815 bits per heavy atom. The maximum atomic E-state index is 12.9. The monoisotopic (exact) mass is 1120 g/mol. The second-order valence-corrected chi connectivity index (χ2v) is 22.0. The molecule has 0 saturated carbocycles. The Labute approximate surface area is 500 Å². The van der Waals surface area contributed by atoms with Crippen molar-refractivity contribution in [3.8, 4) is 0 Å². The highest BCUT2D eigenvalue weighted by molar-refractivity contribution is 5.71. The predicted molar refractivity (Wildman–Crippen MR) is 353 cm³/mol. The summed E-state index contributed by atoms with van der Waals surface area (Å²) < 4.78 is 16.9. The molecule has 460 valence electrons. The summed E-state index contributed by atoms with van der Waals surface area (Å²) in [5.74, 6) is -0.942. The highest BCUT2D eigenvalue weighted by Crippen LogP contribution is 2.16.